The van der Waals surface area contributed by atoms with Crippen LogP contribution in [0.5, 0.6) is 0 Å². The number of nitrogens with zero attached hydrogens (tertiary/aromatic N) is 2. The smallest absolute Gasteiger partial charge is 0.0926 e. The second-order valence-corrected chi connectivity index (χ2v) is 5.18. The van der Waals surface area contributed by atoms with E-state index in [0.29, 0.717) is 16.0 Å². The molecule has 2 nitrogen and oxygen atoms in total. The number of aromatic nitrogens is 2. The van der Waals surface area contributed by atoms with Crippen LogP contribution >= 0.6 is 23.2 Å². The summed E-state index contributed by atoms with van der Waals surface area (Å²) in [6.45, 7) is 4.30. The zero-order chi connectivity index (χ0) is 12.6. The molecule has 0 amide bonds. The molecule has 0 fully saturated rings. The molecule has 0 N–H and O–H groups in total. The fourth-order valence-corrected chi connectivity index (χ4v) is 2.12. The van der Waals surface area contributed by atoms with Crippen molar-refractivity contribution in [3.8, 4) is 11.3 Å². The summed E-state index contributed by atoms with van der Waals surface area (Å²) in [5.74, 6) is 0.448. The Kier molecular flexibility index (Phi) is 3.45. The summed E-state index contributed by atoms with van der Waals surface area (Å²) in [5.41, 5.74) is 3.11. The molecular formula is C13H14Cl2N2. The molecule has 0 aliphatic carbocycles. The summed E-state index contributed by atoms with van der Waals surface area (Å²) in [4.78, 5) is 0. The lowest BCUT2D eigenvalue weighted by atomic mass is 10.1. The summed E-state index contributed by atoms with van der Waals surface area (Å²) < 4.78 is 1.91. The van der Waals surface area contributed by atoms with Gasteiger partial charge in [-0.05, 0) is 24.1 Å². The van der Waals surface area contributed by atoms with Crippen molar-refractivity contribution in [2.75, 3.05) is 0 Å². The van der Waals surface area contributed by atoms with Gasteiger partial charge in [0.2, 0.25) is 0 Å². The molecule has 0 bridgehead atoms. The maximum atomic E-state index is 6.01. The Morgan fingerprint density at radius 2 is 1.82 bits per heavy atom. The average Bonchev–Trinajstić information content (AvgIpc) is 2.64. The lowest BCUT2D eigenvalue weighted by molar-refractivity contribution is 0.670. The first-order chi connectivity index (χ1) is 7.99. The van der Waals surface area contributed by atoms with E-state index in [9.17, 15) is 0 Å². The van der Waals surface area contributed by atoms with Crippen LogP contribution in [0.15, 0.2) is 24.3 Å². The van der Waals surface area contributed by atoms with Crippen LogP contribution in [0.25, 0.3) is 11.3 Å². The molecule has 4 heteroatoms. The van der Waals surface area contributed by atoms with Crippen LogP contribution in [0.1, 0.15) is 25.5 Å². The minimum Gasteiger partial charge on any atom is -0.272 e. The Hall–Kier alpha value is -0.990. The van der Waals surface area contributed by atoms with Crippen molar-refractivity contribution in [1.29, 1.82) is 0 Å². The minimum absolute atomic E-state index is 0.448. The first-order valence-electron chi connectivity index (χ1n) is 5.48. The highest BCUT2D eigenvalue weighted by Crippen LogP contribution is 2.29. The Morgan fingerprint density at radius 1 is 1.12 bits per heavy atom. The molecule has 2 rings (SSSR count). The molecule has 0 aliphatic rings. The number of halogens is 2. The van der Waals surface area contributed by atoms with Crippen molar-refractivity contribution < 1.29 is 0 Å². The third-order valence-corrected chi connectivity index (χ3v) is 3.46. The zero-order valence-electron chi connectivity index (χ0n) is 10.0. The molecule has 1 aromatic heterocycles. The number of aryl methyl sites for hydroxylation is 1. The molecule has 17 heavy (non-hydrogen) atoms. The average molecular weight is 269 g/mol. The van der Waals surface area contributed by atoms with Gasteiger partial charge in [-0.3, -0.25) is 4.68 Å². The van der Waals surface area contributed by atoms with Crippen molar-refractivity contribution in [2.45, 2.75) is 19.8 Å². The summed E-state index contributed by atoms with van der Waals surface area (Å²) in [5, 5.41) is 5.61. The van der Waals surface area contributed by atoms with Crippen molar-refractivity contribution in [2.24, 2.45) is 7.05 Å². The molecule has 1 aromatic carbocycles. The number of benzene rings is 1. The van der Waals surface area contributed by atoms with Gasteiger partial charge in [0.05, 0.1) is 15.7 Å². The van der Waals surface area contributed by atoms with Crippen molar-refractivity contribution >= 4 is 23.2 Å². The van der Waals surface area contributed by atoms with E-state index in [1.54, 1.807) is 6.07 Å². The Bertz CT molecular complexity index is 544. The highest BCUT2D eigenvalue weighted by Gasteiger charge is 2.10. The lowest BCUT2D eigenvalue weighted by Crippen LogP contribution is -1.99. The molecule has 0 saturated carbocycles. The van der Waals surface area contributed by atoms with Gasteiger partial charge in [0, 0.05) is 18.3 Å². The van der Waals surface area contributed by atoms with Gasteiger partial charge < -0.3 is 0 Å². The van der Waals surface area contributed by atoms with E-state index in [4.69, 9.17) is 23.2 Å². The van der Waals surface area contributed by atoms with Crippen molar-refractivity contribution in [3.05, 3.63) is 40.0 Å². The van der Waals surface area contributed by atoms with Gasteiger partial charge in [-0.2, -0.15) is 5.10 Å². The summed E-state index contributed by atoms with van der Waals surface area (Å²) in [6.07, 6.45) is 0. The predicted molar refractivity (Wildman–Crippen MR) is 72.8 cm³/mol. The van der Waals surface area contributed by atoms with Crippen LogP contribution in [0.4, 0.5) is 0 Å². The molecule has 0 unspecified atom stereocenters. The maximum Gasteiger partial charge on any atom is 0.0926 e. The topological polar surface area (TPSA) is 17.8 Å². The van der Waals surface area contributed by atoms with Gasteiger partial charge in [0.15, 0.2) is 0 Å². The van der Waals surface area contributed by atoms with Crippen LogP contribution < -0.4 is 0 Å². The van der Waals surface area contributed by atoms with Crippen LogP contribution in [0.3, 0.4) is 0 Å². The summed E-state index contributed by atoms with van der Waals surface area (Å²) in [6, 6.07) is 7.66. The molecule has 2 aromatic rings. The first kappa shape index (κ1) is 12.5. The van der Waals surface area contributed by atoms with E-state index in [0.717, 1.165) is 11.3 Å². The normalized spacial score (nSPS) is 11.2. The Labute approximate surface area is 111 Å². The largest absolute Gasteiger partial charge is 0.272 e. The Balaban J connectivity index is 2.46. The second-order valence-electron chi connectivity index (χ2n) is 4.36. The Morgan fingerprint density at radius 3 is 2.35 bits per heavy atom. The highest BCUT2D eigenvalue weighted by atomic mass is 35.5. The summed E-state index contributed by atoms with van der Waals surface area (Å²) in [7, 11) is 1.95. The van der Waals surface area contributed by atoms with Crippen LogP contribution in [0.2, 0.25) is 10.0 Å². The monoisotopic (exact) mass is 268 g/mol. The maximum absolute atomic E-state index is 6.01. The van der Waals surface area contributed by atoms with Gasteiger partial charge in [-0.25, -0.2) is 0 Å². The SMILES string of the molecule is CC(C)c1cc(-c2ccc(Cl)c(Cl)c2)nn1C. The van der Waals surface area contributed by atoms with Gasteiger partial charge in [-0.15, -0.1) is 0 Å². The van der Waals surface area contributed by atoms with E-state index in [1.807, 2.05) is 23.9 Å². The van der Waals surface area contributed by atoms with E-state index in [1.165, 1.54) is 5.69 Å². The fraction of sp³-hybridized carbons (Fsp3) is 0.308. The van der Waals surface area contributed by atoms with Gasteiger partial charge >= 0.3 is 0 Å². The number of hydrogen-bond donors (Lipinski definition) is 0. The highest BCUT2D eigenvalue weighted by molar-refractivity contribution is 6.42. The lowest BCUT2D eigenvalue weighted by Gasteiger charge is -2.02. The third-order valence-electron chi connectivity index (χ3n) is 2.72. The molecule has 1 heterocycles. The first-order valence-corrected chi connectivity index (χ1v) is 6.24. The quantitative estimate of drug-likeness (QED) is 0.783. The van der Waals surface area contributed by atoms with E-state index in [-0.39, 0.29) is 0 Å². The van der Waals surface area contributed by atoms with E-state index in [2.05, 4.69) is 25.0 Å². The molecule has 0 saturated heterocycles. The van der Waals surface area contributed by atoms with Crippen LogP contribution in [-0.2, 0) is 7.05 Å². The van der Waals surface area contributed by atoms with Crippen molar-refractivity contribution in [1.82, 2.24) is 9.78 Å². The predicted octanol–water partition coefficient (Wildman–Crippen LogP) is 4.52. The van der Waals surface area contributed by atoms with E-state index < -0.39 is 0 Å². The minimum atomic E-state index is 0.448. The van der Waals surface area contributed by atoms with Gasteiger partial charge in [0.1, 0.15) is 0 Å². The molecular weight excluding hydrogens is 255 g/mol. The molecule has 0 aliphatic heterocycles. The third kappa shape index (κ3) is 2.48. The fourth-order valence-electron chi connectivity index (χ4n) is 1.82. The van der Waals surface area contributed by atoms with Gasteiger partial charge in [0.25, 0.3) is 0 Å². The second kappa shape index (κ2) is 4.71. The van der Waals surface area contributed by atoms with Crippen LogP contribution in [-0.4, -0.2) is 9.78 Å². The molecule has 0 atom stereocenters. The number of hydrogen-bond acceptors (Lipinski definition) is 1. The van der Waals surface area contributed by atoms with Crippen molar-refractivity contribution in [3.63, 3.8) is 0 Å². The van der Waals surface area contributed by atoms with E-state index >= 15 is 0 Å². The van der Waals surface area contributed by atoms with Crippen LogP contribution in [0, 0.1) is 0 Å². The standard InChI is InChI=1S/C13H14Cl2N2/c1-8(2)13-7-12(16-17(13)3)9-4-5-10(14)11(15)6-9/h4-8H,1-3H3. The van der Waals surface area contributed by atoms with Gasteiger partial charge in [-0.1, -0.05) is 43.1 Å². The molecule has 90 valence electrons. The molecule has 0 radical (unpaired) electrons. The zero-order valence-corrected chi connectivity index (χ0v) is 11.5. The molecule has 0 spiro atoms. The summed E-state index contributed by atoms with van der Waals surface area (Å²) >= 11 is 11.9. The number of rotatable bonds is 2.